The van der Waals surface area contributed by atoms with Crippen molar-refractivity contribution in [3.63, 3.8) is 0 Å². The van der Waals surface area contributed by atoms with E-state index in [1.165, 1.54) is 22.9 Å². The van der Waals surface area contributed by atoms with Crippen molar-refractivity contribution in [1.82, 2.24) is 9.62 Å². The fraction of sp³-hybridized carbons (Fsp3) is 0.636. The Bertz CT molecular complexity index is 878. The fourth-order valence-electron chi connectivity index (χ4n) is 4.24. The number of rotatable bonds is 6. The fourth-order valence-corrected chi connectivity index (χ4v) is 6.01. The van der Waals surface area contributed by atoms with Gasteiger partial charge in [-0.1, -0.05) is 32.3 Å². The normalized spacial score (nSPS) is 23.0. The molecule has 0 bridgehead atoms. The van der Waals surface area contributed by atoms with Crippen LogP contribution >= 0.6 is 0 Å². The summed E-state index contributed by atoms with van der Waals surface area (Å²) in [6.45, 7) is 4.45. The molecule has 1 saturated heterocycles. The van der Waals surface area contributed by atoms with Crippen LogP contribution in [0, 0.1) is 12.8 Å². The minimum absolute atomic E-state index is 0.116. The molecule has 1 heterocycles. The summed E-state index contributed by atoms with van der Waals surface area (Å²) in [7, 11) is -3.66. The van der Waals surface area contributed by atoms with E-state index in [1.807, 2.05) is 0 Å². The summed E-state index contributed by atoms with van der Waals surface area (Å²) in [6.07, 6.45) is 7.01. The number of nitrogens with zero attached hydrogens (tertiary/aromatic N) is 1. The molecule has 8 heteroatoms. The Balaban J connectivity index is 1.63. The van der Waals surface area contributed by atoms with Gasteiger partial charge in [-0.2, -0.15) is 4.31 Å². The molecule has 30 heavy (non-hydrogen) atoms. The van der Waals surface area contributed by atoms with E-state index in [9.17, 15) is 18.0 Å². The van der Waals surface area contributed by atoms with E-state index in [1.54, 1.807) is 13.0 Å². The molecule has 1 aromatic carbocycles. The van der Waals surface area contributed by atoms with E-state index in [4.69, 9.17) is 4.74 Å². The Kier molecular flexibility index (Phi) is 7.52. The van der Waals surface area contributed by atoms with E-state index in [0.29, 0.717) is 24.6 Å². The number of carbonyl (C=O) groups is 2. The summed E-state index contributed by atoms with van der Waals surface area (Å²) in [4.78, 5) is 24.8. The van der Waals surface area contributed by atoms with Crippen molar-refractivity contribution < 1.29 is 22.7 Å². The van der Waals surface area contributed by atoms with Crippen molar-refractivity contribution in [2.75, 3.05) is 19.7 Å². The Morgan fingerprint density at radius 1 is 1.10 bits per heavy atom. The molecule has 166 valence electrons. The number of nitrogens with one attached hydrogen (secondary N) is 1. The molecule has 0 aromatic heterocycles. The largest absolute Gasteiger partial charge is 0.452 e. The zero-order valence-corrected chi connectivity index (χ0v) is 18.7. The maximum atomic E-state index is 13.0. The van der Waals surface area contributed by atoms with Gasteiger partial charge in [-0.3, -0.25) is 4.79 Å². The third kappa shape index (κ3) is 5.40. The van der Waals surface area contributed by atoms with Gasteiger partial charge in [-0.25, -0.2) is 13.2 Å². The lowest BCUT2D eigenvalue weighted by atomic mass is 9.86. The lowest BCUT2D eigenvalue weighted by Crippen LogP contribution is -2.42. The predicted octanol–water partition coefficient (Wildman–Crippen LogP) is 3.02. The lowest BCUT2D eigenvalue weighted by Gasteiger charge is -2.29. The summed E-state index contributed by atoms with van der Waals surface area (Å²) >= 11 is 0. The third-order valence-corrected chi connectivity index (χ3v) is 8.19. The summed E-state index contributed by atoms with van der Waals surface area (Å²) in [6, 6.07) is 4.62. The van der Waals surface area contributed by atoms with Gasteiger partial charge < -0.3 is 10.1 Å². The molecule has 1 aromatic rings. The highest BCUT2D eigenvalue weighted by atomic mass is 32.2. The number of esters is 1. The highest BCUT2D eigenvalue weighted by Gasteiger charge is 2.28. The predicted molar refractivity (Wildman–Crippen MR) is 114 cm³/mol. The number of carbonyl (C=O) groups excluding carboxylic acids is 2. The zero-order chi connectivity index (χ0) is 21.7. The quantitative estimate of drug-likeness (QED) is 0.692. The van der Waals surface area contributed by atoms with Crippen LogP contribution in [0.5, 0.6) is 0 Å². The van der Waals surface area contributed by atoms with Gasteiger partial charge in [0, 0.05) is 19.1 Å². The first kappa shape index (κ1) is 22.7. The van der Waals surface area contributed by atoms with Crippen LogP contribution in [0.3, 0.4) is 0 Å². The second-order valence-corrected chi connectivity index (χ2v) is 10.4. The smallest absolute Gasteiger partial charge is 0.338 e. The van der Waals surface area contributed by atoms with Crippen LogP contribution in [0.15, 0.2) is 23.1 Å². The van der Waals surface area contributed by atoms with Crippen molar-refractivity contribution in [1.29, 1.82) is 0 Å². The highest BCUT2D eigenvalue weighted by molar-refractivity contribution is 7.89. The summed E-state index contributed by atoms with van der Waals surface area (Å²) in [5.74, 6) is -0.606. The standard InChI is InChI=1S/C22H32N2O5S/c1-16-8-4-5-9-19(16)23-21(25)15-29-22(26)18-11-10-17(2)20(14-18)30(27,28)24-12-6-3-7-13-24/h10-11,14,16,19H,3-9,12-13,15H2,1-2H3,(H,23,25)/t16-,19-/m0/s1. The highest BCUT2D eigenvalue weighted by Crippen LogP contribution is 2.25. The maximum Gasteiger partial charge on any atom is 0.338 e. The number of hydrogen-bond acceptors (Lipinski definition) is 5. The number of amides is 1. The van der Waals surface area contributed by atoms with Crippen LogP contribution in [-0.2, 0) is 19.6 Å². The van der Waals surface area contributed by atoms with Crippen LogP contribution in [0.25, 0.3) is 0 Å². The minimum atomic E-state index is -3.66. The Hall–Kier alpha value is -1.93. The molecule has 3 rings (SSSR count). The molecule has 1 aliphatic heterocycles. The number of sulfonamides is 1. The molecule has 0 spiro atoms. The molecule has 0 unspecified atom stereocenters. The third-order valence-electron chi connectivity index (χ3n) is 6.15. The van der Waals surface area contributed by atoms with Gasteiger partial charge in [0.2, 0.25) is 10.0 Å². The van der Waals surface area contributed by atoms with Crippen LogP contribution in [0.2, 0.25) is 0 Å². The summed E-state index contributed by atoms with van der Waals surface area (Å²) in [5, 5.41) is 2.94. The molecular weight excluding hydrogens is 404 g/mol. The van der Waals surface area contributed by atoms with Gasteiger partial charge in [0.15, 0.2) is 6.61 Å². The molecule has 2 fully saturated rings. The van der Waals surface area contributed by atoms with Gasteiger partial charge in [0.05, 0.1) is 10.5 Å². The van der Waals surface area contributed by atoms with Crippen molar-refractivity contribution >= 4 is 21.9 Å². The van der Waals surface area contributed by atoms with Crippen molar-refractivity contribution in [2.45, 2.75) is 69.7 Å². The van der Waals surface area contributed by atoms with Crippen LogP contribution in [0.1, 0.15) is 67.8 Å². The maximum absolute atomic E-state index is 13.0. The van der Waals surface area contributed by atoms with Crippen LogP contribution in [-0.4, -0.2) is 50.3 Å². The van der Waals surface area contributed by atoms with Gasteiger partial charge in [0.25, 0.3) is 5.91 Å². The molecule has 7 nitrogen and oxygen atoms in total. The Morgan fingerprint density at radius 2 is 1.80 bits per heavy atom. The number of aryl methyl sites for hydroxylation is 1. The first-order valence-electron chi connectivity index (χ1n) is 10.9. The molecule has 1 amide bonds. The number of hydrogen-bond donors (Lipinski definition) is 1. The second-order valence-electron chi connectivity index (χ2n) is 8.46. The average Bonchev–Trinajstić information content (AvgIpc) is 2.74. The first-order chi connectivity index (χ1) is 14.3. The van der Waals surface area contributed by atoms with Gasteiger partial charge in [0.1, 0.15) is 0 Å². The molecular formula is C22H32N2O5S. The molecule has 0 radical (unpaired) electrons. The van der Waals surface area contributed by atoms with E-state index in [2.05, 4.69) is 12.2 Å². The monoisotopic (exact) mass is 436 g/mol. The second kappa shape index (κ2) is 9.92. The van der Waals surface area contributed by atoms with E-state index >= 15 is 0 Å². The zero-order valence-electron chi connectivity index (χ0n) is 17.9. The van der Waals surface area contributed by atoms with E-state index in [-0.39, 0.29) is 29.0 Å². The topological polar surface area (TPSA) is 92.8 Å². The molecule has 2 atom stereocenters. The molecule has 1 saturated carbocycles. The lowest BCUT2D eigenvalue weighted by molar-refractivity contribution is -0.125. The minimum Gasteiger partial charge on any atom is -0.452 e. The van der Waals surface area contributed by atoms with Gasteiger partial charge in [-0.15, -0.1) is 0 Å². The number of benzene rings is 1. The SMILES string of the molecule is Cc1ccc(C(=O)OCC(=O)N[C@H]2CCCC[C@@H]2C)cc1S(=O)(=O)N1CCCCC1. The van der Waals surface area contributed by atoms with Crippen LogP contribution < -0.4 is 5.32 Å². The Labute approximate surface area is 179 Å². The first-order valence-corrected chi connectivity index (χ1v) is 12.3. The average molecular weight is 437 g/mol. The Morgan fingerprint density at radius 3 is 2.50 bits per heavy atom. The van der Waals surface area contributed by atoms with Crippen molar-refractivity contribution in [3.8, 4) is 0 Å². The van der Waals surface area contributed by atoms with Gasteiger partial charge >= 0.3 is 5.97 Å². The number of ether oxygens (including phenoxy) is 1. The number of piperidine rings is 1. The molecule has 1 aliphatic carbocycles. The van der Waals surface area contributed by atoms with E-state index < -0.39 is 16.0 Å². The van der Waals surface area contributed by atoms with Gasteiger partial charge in [-0.05, 0) is 56.2 Å². The van der Waals surface area contributed by atoms with E-state index in [0.717, 1.165) is 38.5 Å². The van der Waals surface area contributed by atoms with Crippen LogP contribution in [0.4, 0.5) is 0 Å². The van der Waals surface area contributed by atoms with Crippen molar-refractivity contribution in [3.05, 3.63) is 29.3 Å². The van der Waals surface area contributed by atoms with Crippen molar-refractivity contribution in [2.24, 2.45) is 5.92 Å². The molecule has 1 N–H and O–H groups in total. The summed E-state index contributed by atoms with van der Waals surface area (Å²) in [5.41, 5.74) is 0.719. The molecule has 2 aliphatic rings. The summed E-state index contributed by atoms with van der Waals surface area (Å²) < 4.78 is 32.7.